The van der Waals surface area contributed by atoms with Gasteiger partial charge < -0.3 is 10.7 Å². The first-order valence-electron chi connectivity index (χ1n) is 7.21. The Hall–Kier alpha value is -1.59. The van der Waals surface area contributed by atoms with E-state index in [1.54, 1.807) is 0 Å². The summed E-state index contributed by atoms with van der Waals surface area (Å²) >= 11 is 0. The van der Waals surface area contributed by atoms with E-state index in [2.05, 4.69) is 40.7 Å². The van der Waals surface area contributed by atoms with Crippen molar-refractivity contribution in [1.82, 2.24) is 19.8 Å². The first kappa shape index (κ1) is 13.4. The Morgan fingerprint density at radius 1 is 1.30 bits per heavy atom. The monoisotopic (exact) mass is 273 g/mol. The number of rotatable bonds is 2. The molecule has 1 fully saturated rings. The van der Waals surface area contributed by atoms with Crippen molar-refractivity contribution in [2.24, 2.45) is 0 Å². The summed E-state index contributed by atoms with van der Waals surface area (Å²) < 4.78 is 0. The van der Waals surface area contributed by atoms with Gasteiger partial charge in [-0.15, -0.1) is 0 Å². The molecular weight excluding hydrogens is 250 g/mol. The molecule has 0 radical (unpaired) electrons. The Bertz CT molecular complexity index is 593. The van der Waals surface area contributed by atoms with Gasteiger partial charge in [0.05, 0.1) is 17.6 Å². The molecule has 0 aliphatic carbocycles. The fourth-order valence-electron chi connectivity index (χ4n) is 3.01. The van der Waals surface area contributed by atoms with Crippen LogP contribution in [0.3, 0.4) is 0 Å². The number of anilines is 1. The van der Waals surface area contributed by atoms with Gasteiger partial charge in [0.15, 0.2) is 0 Å². The zero-order chi connectivity index (χ0) is 14.3. The van der Waals surface area contributed by atoms with Gasteiger partial charge in [0, 0.05) is 30.9 Å². The lowest BCUT2D eigenvalue weighted by atomic mass is 10.1. The summed E-state index contributed by atoms with van der Waals surface area (Å²) in [6.45, 7) is 7.60. The van der Waals surface area contributed by atoms with Crippen LogP contribution in [0.2, 0.25) is 0 Å². The van der Waals surface area contributed by atoms with Crippen molar-refractivity contribution in [2.45, 2.75) is 32.5 Å². The molecule has 3 N–H and O–H groups in total. The van der Waals surface area contributed by atoms with Gasteiger partial charge in [0.25, 0.3) is 0 Å². The van der Waals surface area contributed by atoms with E-state index in [-0.39, 0.29) is 0 Å². The van der Waals surface area contributed by atoms with E-state index in [4.69, 9.17) is 5.73 Å². The number of fused-ring (bicyclic) bond motifs is 1. The molecule has 1 aliphatic rings. The van der Waals surface area contributed by atoms with Crippen molar-refractivity contribution in [3.63, 3.8) is 0 Å². The Morgan fingerprint density at radius 3 is 2.70 bits per heavy atom. The van der Waals surface area contributed by atoms with Crippen LogP contribution in [0.25, 0.3) is 11.0 Å². The van der Waals surface area contributed by atoms with Gasteiger partial charge in [-0.3, -0.25) is 9.80 Å². The summed E-state index contributed by atoms with van der Waals surface area (Å²) in [5.41, 5.74) is 8.59. The minimum atomic E-state index is 0.582. The first-order chi connectivity index (χ1) is 9.52. The van der Waals surface area contributed by atoms with E-state index in [0.29, 0.717) is 12.1 Å². The third kappa shape index (κ3) is 2.51. The van der Waals surface area contributed by atoms with E-state index in [9.17, 15) is 0 Å². The number of nitrogen functional groups attached to an aromatic ring is 1. The summed E-state index contributed by atoms with van der Waals surface area (Å²) in [5.74, 6) is 1.02. The third-order valence-corrected chi connectivity index (χ3v) is 4.36. The molecule has 5 heteroatoms. The number of nitrogens with zero attached hydrogens (tertiary/aromatic N) is 3. The van der Waals surface area contributed by atoms with Crippen LogP contribution in [0.4, 0.5) is 5.69 Å². The van der Waals surface area contributed by atoms with E-state index in [0.717, 1.165) is 42.2 Å². The number of benzene rings is 1. The standard InChI is InChI=1S/C15H23N5/c1-10-7-20(8-11(2)19(10)3)9-15-17-13-5-4-12(16)6-14(13)18-15/h4-6,10-11H,7-9,16H2,1-3H3,(H,17,18). The Kier molecular flexibility index (Phi) is 3.40. The Morgan fingerprint density at radius 2 is 2.00 bits per heavy atom. The van der Waals surface area contributed by atoms with Crippen LogP contribution in [0, 0.1) is 0 Å². The number of nitrogens with two attached hydrogens (primary N) is 1. The maximum atomic E-state index is 5.81. The van der Waals surface area contributed by atoms with Gasteiger partial charge in [0.2, 0.25) is 0 Å². The molecule has 1 aromatic heterocycles. The smallest absolute Gasteiger partial charge is 0.121 e. The lowest BCUT2D eigenvalue weighted by Gasteiger charge is -2.42. The van der Waals surface area contributed by atoms with Crippen molar-refractivity contribution in [3.05, 3.63) is 24.0 Å². The number of aromatic amines is 1. The largest absolute Gasteiger partial charge is 0.399 e. The fourth-order valence-corrected chi connectivity index (χ4v) is 3.01. The number of nitrogens with one attached hydrogen (secondary N) is 1. The third-order valence-electron chi connectivity index (χ3n) is 4.36. The van der Waals surface area contributed by atoms with Crippen molar-refractivity contribution in [1.29, 1.82) is 0 Å². The van der Waals surface area contributed by atoms with Crippen LogP contribution in [-0.2, 0) is 6.54 Å². The fraction of sp³-hybridized carbons (Fsp3) is 0.533. The number of hydrogen-bond acceptors (Lipinski definition) is 4. The second kappa shape index (κ2) is 5.07. The molecule has 0 spiro atoms. The maximum Gasteiger partial charge on any atom is 0.121 e. The van der Waals surface area contributed by atoms with Crippen LogP contribution in [0.15, 0.2) is 18.2 Å². The van der Waals surface area contributed by atoms with Gasteiger partial charge in [-0.25, -0.2) is 4.98 Å². The van der Waals surface area contributed by atoms with Crippen LogP contribution >= 0.6 is 0 Å². The Labute approximate surface area is 119 Å². The van der Waals surface area contributed by atoms with Crippen molar-refractivity contribution in [3.8, 4) is 0 Å². The summed E-state index contributed by atoms with van der Waals surface area (Å²) in [6.07, 6.45) is 0. The average molecular weight is 273 g/mol. The van der Waals surface area contributed by atoms with Gasteiger partial charge in [-0.1, -0.05) is 0 Å². The molecule has 2 atom stereocenters. The van der Waals surface area contributed by atoms with Gasteiger partial charge in [0.1, 0.15) is 5.82 Å². The maximum absolute atomic E-state index is 5.81. The number of imidazole rings is 1. The quantitative estimate of drug-likeness (QED) is 0.817. The highest BCUT2D eigenvalue weighted by Gasteiger charge is 2.26. The topological polar surface area (TPSA) is 61.2 Å². The highest BCUT2D eigenvalue weighted by atomic mass is 15.3. The molecule has 1 aliphatic heterocycles. The molecule has 2 aromatic rings. The van der Waals surface area contributed by atoms with Crippen LogP contribution in [0.5, 0.6) is 0 Å². The number of piperazine rings is 1. The summed E-state index contributed by atoms with van der Waals surface area (Å²) in [5, 5.41) is 0. The van der Waals surface area contributed by atoms with Gasteiger partial charge in [-0.2, -0.15) is 0 Å². The van der Waals surface area contributed by atoms with Gasteiger partial charge in [-0.05, 0) is 39.1 Å². The highest BCUT2D eigenvalue weighted by Crippen LogP contribution is 2.18. The number of aromatic nitrogens is 2. The molecule has 0 bridgehead atoms. The van der Waals surface area contributed by atoms with Crippen LogP contribution < -0.4 is 5.73 Å². The predicted octanol–water partition coefficient (Wildman–Crippen LogP) is 1.67. The predicted molar refractivity (Wildman–Crippen MR) is 82.5 cm³/mol. The SMILES string of the molecule is CC1CN(Cc2nc3ccc(N)cc3[nH]2)CC(C)N1C. The molecule has 0 saturated carbocycles. The first-order valence-corrected chi connectivity index (χ1v) is 7.21. The van der Waals surface area contributed by atoms with Crippen molar-refractivity contribution >= 4 is 16.7 Å². The normalized spacial score (nSPS) is 25.4. The summed E-state index contributed by atoms with van der Waals surface area (Å²) in [6, 6.07) is 6.98. The van der Waals surface area contributed by atoms with Gasteiger partial charge >= 0.3 is 0 Å². The minimum Gasteiger partial charge on any atom is -0.399 e. The molecule has 20 heavy (non-hydrogen) atoms. The zero-order valence-corrected chi connectivity index (χ0v) is 12.4. The molecular formula is C15H23N5. The number of likely N-dealkylation sites (N-methyl/N-ethyl adjacent to an activating group) is 1. The van der Waals surface area contributed by atoms with E-state index in [1.165, 1.54) is 0 Å². The molecule has 5 nitrogen and oxygen atoms in total. The summed E-state index contributed by atoms with van der Waals surface area (Å²) in [7, 11) is 2.20. The molecule has 1 aromatic carbocycles. The number of H-pyrrole nitrogens is 1. The van der Waals surface area contributed by atoms with Crippen LogP contribution in [-0.4, -0.2) is 52.0 Å². The molecule has 0 amide bonds. The average Bonchev–Trinajstić information content (AvgIpc) is 2.77. The molecule has 1 saturated heterocycles. The molecule has 108 valence electrons. The second-order valence-corrected chi connectivity index (χ2v) is 6.02. The van der Waals surface area contributed by atoms with E-state index < -0.39 is 0 Å². The molecule has 3 rings (SSSR count). The molecule has 2 heterocycles. The second-order valence-electron chi connectivity index (χ2n) is 6.02. The lowest BCUT2D eigenvalue weighted by Crippen LogP contribution is -2.54. The van der Waals surface area contributed by atoms with Crippen LogP contribution in [0.1, 0.15) is 19.7 Å². The van der Waals surface area contributed by atoms with Crippen molar-refractivity contribution in [2.75, 3.05) is 25.9 Å². The lowest BCUT2D eigenvalue weighted by molar-refractivity contribution is 0.0543. The summed E-state index contributed by atoms with van der Waals surface area (Å²) in [4.78, 5) is 12.9. The van der Waals surface area contributed by atoms with Crippen molar-refractivity contribution < 1.29 is 0 Å². The molecule has 2 unspecified atom stereocenters. The number of hydrogen-bond donors (Lipinski definition) is 2. The highest BCUT2D eigenvalue weighted by molar-refractivity contribution is 5.78. The van der Waals surface area contributed by atoms with E-state index in [1.807, 2.05) is 18.2 Å². The minimum absolute atomic E-state index is 0.582. The zero-order valence-electron chi connectivity index (χ0n) is 12.4. The Balaban J connectivity index is 1.76. The van der Waals surface area contributed by atoms with E-state index >= 15 is 0 Å².